The van der Waals surface area contributed by atoms with Crippen LogP contribution in [0, 0.1) is 13.8 Å². The summed E-state index contributed by atoms with van der Waals surface area (Å²) in [5, 5.41) is 3.49. The van der Waals surface area contributed by atoms with Crippen LogP contribution in [-0.4, -0.2) is 12.6 Å². The molecule has 1 N–H and O–H groups in total. The van der Waals surface area contributed by atoms with Crippen molar-refractivity contribution >= 4 is 0 Å². The summed E-state index contributed by atoms with van der Waals surface area (Å²) in [5.41, 5.74) is 6.14. The van der Waals surface area contributed by atoms with Crippen molar-refractivity contribution in [2.24, 2.45) is 0 Å². The zero-order chi connectivity index (χ0) is 14.6. The van der Waals surface area contributed by atoms with Gasteiger partial charge in [0.15, 0.2) is 0 Å². The highest BCUT2D eigenvalue weighted by Crippen LogP contribution is 2.27. The van der Waals surface area contributed by atoms with Gasteiger partial charge >= 0.3 is 0 Å². The van der Waals surface area contributed by atoms with Gasteiger partial charge in [0.25, 0.3) is 0 Å². The molecule has 0 bridgehead atoms. The lowest BCUT2D eigenvalue weighted by molar-refractivity contribution is 0.568. The van der Waals surface area contributed by atoms with Crippen LogP contribution in [0.2, 0.25) is 0 Å². The van der Waals surface area contributed by atoms with Crippen LogP contribution in [0.1, 0.15) is 63.3 Å². The second-order valence-corrected chi connectivity index (χ2v) is 7.05. The first-order valence-electron chi connectivity index (χ1n) is 7.56. The molecule has 0 aliphatic heterocycles. The highest BCUT2D eigenvalue weighted by molar-refractivity contribution is 5.40. The van der Waals surface area contributed by atoms with Crippen molar-refractivity contribution in [3.8, 4) is 0 Å². The molecule has 1 heteroatoms. The first-order valence-corrected chi connectivity index (χ1v) is 7.56. The van der Waals surface area contributed by atoms with E-state index in [2.05, 4.69) is 65.9 Å². The van der Waals surface area contributed by atoms with Crippen molar-refractivity contribution in [2.45, 2.75) is 72.8 Å². The molecule has 0 radical (unpaired) electrons. The third-order valence-corrected chi connectivity index (χ3v) is 3.72. The van der Waals surface area contributed by atoms with E-state index in [1.807, 2.05) is 0 Å². The van der Waals surface area contributed by atoms with Crippen LogP contribution < -0.4 is 5.32 Å². The minimum atomic E-state index is 0.243. The van der Waals surface area contributed by atoms with E-state index in [4.69, 9.17) is 0 Å². The summed E-state index contributed by atoms with van der Waals surface area (Å²) in [5.74, 6) is 0. The number of benzene rings is 1. The normalized spacial score (nSPS) is 12.2. The fourth-order valence-electron chi connectivity index (χ4n) is 2.48. The SMILES string of the molecule is Cc1cc(C(C)(C)C)cc(C)c1CCCNC(C)C. The maximum atomic E-state index is 3.49. The van der Waals surface area contributed by atoms with E-state index in [0.29, 0.717) is 6.04 Å². The van der Waals surface area contributed by atoms with Crippen molar-refractivity contribution in [3.05, 3.63) is 34.4 Å². The molecule has 0 aliphatic rings. The quantitative estimate of drug-likeness (QED) is 0.768. The third kappa shape index (κ3) is 4.99. The summed E-state index contributed by atoms with van der Waals surface area (Å²) in [6.45, 7) is 16.9. The van der Waals surface area contributed by atoms with Gasteiger partial charge in [-0.25, -0.2) is 0 Å². The van der Waals surface area contributed by atoms with E-state index in [1.165, 1.54) is 29.5 Å². The Hall–Kier alpha value is -0.820. The predicted molar refractivity (Wildman–Crippen MR) is 86.1 cm³/mol. The Labute approximate surface area is 119 Å². The fraction of sp³-hybridized carbons (Fsp3) is 0.667. The van der Waals surface area contributed by atoms with Gasteiger partial charge in [-0.1, -0.05) is 46.8 Å². The summed E-state index contributed by atoms with van der Waals surface area (Å²) in [7, 11) is 0. The van der Waals surface area contributed by atoms with Crippen LogP contribution in [0.25, 0.3) is 0 Å². The van der Waals surface area contributed by atoms with Crippen molar-refractivity contribution in [1.29, 1.82) is 0 Å². The van der Waals surface area contributed by atoms with Crippen molar-refractivity contribution < 1.29 is 0 Å². The molecule has 0 atom stereocenters. The van der Waals surface area contributed by atoms with Gasteiger partial charge in [0.05, 0.1) is 0 Å². The molecule has 0 saturated carbocycles. The summed E-state index contributed by atoms with van der Waals surface area (Å²) in [6, 6.07) is 5.33. The van der Waals surface area contributed by atoms with Gasteiger partial charge in [-0.15, -0.1) is 0 Å². The molecule has 19 heavy (non-hydrogen) atoms. The molecule has 1 aromatic carbocycles. The molecule has 0 amide bonds. The smallest absolute Gasteiger partial charge is 0.00103 e. The molecule has 0 unspecified atom stereocenters. The molecule has 1 nitrogen and oxygen atoms in total. The molecular weight excluding hydrogens is 230 g/mol. The topological polar surface area (TPSA) is 12.0 Å². The van der Waals surface area contributed by atoms with Gasteiger partial charge in [0.1, 0.15) is 0 Å². The Morgan fingerprint density at radius 1 is 1.05 bits per heavy atom. The zero-order valence-corrected chi connectivity index (χ0v) is 13.9. The summed E-state index contributed by atoms with van der Waals surface area (Å²) in [4.78, 5) is 0. The molecule has 0 aliphatic carbocycles. The molecule has 1 rings (SSSR count). The Morgan fingerprint density at radius 2 is 1.58 bits per heavy atom. The standard InChI is InChI=1S/C18H31N/c1-13(2)19-10-8-9-17-14(3)11-16(12-15(17)4)18(5,6)7/h11-13,19H,8-10H2,1-7H3. The molecule has 0 fully saturated rings. The summed E-state index contributed by atoms with van der Waals surface area (Å²) >= 11 is 0. The van der Waals surface area contributed by atoms with Crippen molar-refractivity contribution in [2.75, 3.05) is 6.54 Å². The van der Waals surface area contributed by atoms with E-state index < -0.39 is 0 Å². The van der Waals surface area contributed by atoms with Crippen LogP contribution in [-0.2, 0) is 11.8 Å². The first-order chi connectivity index (χ1) is 8.71. The molecule has 0 saturated heterocycles. The Balaban J connectivity index is 2.75. The molecule has 0 spiro atoms. The van der Waals surface area contributed by atoms with Crippen LogP contribution in [0.4, 0.5) is 0 Å². The van der Waals surface area contributed by atoms with Gasteiger partial charge in [-0.3, -0.25) is 0 Å². The molecule has 108 valence electrons. The fourth-order valence-corrected chi connectivity index (χ4v) is 2.48. The third-order valence-electron chi connectivity index (χ3n) is 3.72. The first kappa shape index (κ1) is 16.2. The van der Waals surface area contributed by atoms with Gasteiger partial charge in [-0.05, 0) is 60.9 Å². The lowest BCUT2D eigenvalue weighted by Crippen LogP contribution is -2.24. The average molecular weight is 261 g/mol. The van der Waals surface area contributed by atoms with E-state index in [1.54, 1.807) is 5.56 Å². The van der Waals surface area contributed by atoms with Crippen LogP contribution in [0.15, 0.2) is 12.1 Å². The maximum absolute atomic E-state index is 3.49. The second kappa shape index (κ2) is 6.56. The van der Waals surface area contributed by atoms with Crippen molar-refractivity contribution in [3.63, 3.8) is 0 Å². The van der Waals surface area contributed by atoms with Crippen LogP contribution >= 0.6 is 0 Å². The minimum Gasteiger partial charge on any atom is -0.315 e. The molecule has 0 heterocycles. The van der Waals surface area contributed by atoms with Crippen molar-refractivity contribution in [1.82, 2.24) is 5.32 Å². The van der Waals surface area contributed by atoms with Gasteiger partial charge < -0.3 is 5.32 Å². The van der Waals surface area contributed by atoms with Crippen LogP contribution in [0.3, 0.4) is 0 Å². The zero-order valence-electron chi connectivity index (χ0n) is 13.9. The predicted octanol–water partition coefficient (Wildman–Crippen LogP) is 4.53. The number of rotatable bonds is 5. The lowest BCUT2D eigenvalue weighted by atomic mass is 9.83. The summed E-state index contributed by atoms with van der Waals surface area (Å²) in [6.07, 6.45) is 2.40. The Morgan fingerprint density at radius 3 is 2.00 bits per heavy atom. The Bertz CT molecular complexity index is 387. The highest BCUT2D eigenvalue weighted by Gasteiger charge is 2.16. The molecule has 1 aromatic rings. The number of nitrogens with one attached hydrogen (secondary N) is 1. The Kier molecular flexibility index (Phi) is 5.61. The van der Waals surface area contributed by atoms with E-state index >= 15 is 0 Å². The molecular formula is C18H31N. The largest absolute Gasteiger partial charge is 0.315 e. The van der Waals surface area contributed by atoms with Gasteiger partial charge in [0.2, 0.25) is 0 Å². The lowest BCUT2D eigenvalue weighted by Gasteiger charge is -2.22. The van der Waals surface area contributed by atoms with Gasteiger partial charge in [0, 0.05) is 6.04 Å². The van der Waals surface area contributed by atoms with Crippen LogP contribution in [0.5, 0.6) is 0 Å². The van der Waals surface area contributed by atoms with E-state index in [9.17, 15) is 0 Å². The van der Waals surface area contributed by atoms with E-state index in [0.717, 1.165) is 6.54 Å². The molecule has 0 aromatic heterocycles. The summed E-state index contributed by atoms with van der Waals surface area (Å²) < 4.78 is 0. The number of hydrogen-bond donors (Lipinski definition) is 1. The highest BCUT2D eigenvalue weighted by atomic mass is 14.9. The van der Waals surface area contributed by atoms with Gasteiger partial charge in [-0.2, -0.15) is 0 Å². The second-order valence-electron chi connectivity index (χ2n) is 7.05. The number of hydrogen-bond acceptors (Lipinski definition) is 1. The maximum Gasteiger partial charge on any atom is 0.00103 e. The number of aryl methyl sites for hydroxylation is 2. The minimum absolute atomic E-state index is 0.243. The average Bonchev–Trinajstić information content (AvgIpc) is 2.25. The van der Waals surface area contributed by atoms with E-state index in [-0.39, 0.29) is 5.41 Å². The monoisotopic (exact) mass is 261 g/mol.